The van der Waals surface area contributed by atoms with Crippen LogP contribution in [-0.4, -0.2) is 19.3 Å². The van der Waals surface area contributed by atoms with Gasteiger partial charge in [-0.15, -0.1) is 0 Å². The lowest BCUT2D eigenvalue weighted by Gasteiger charge is -2.20. The van der Waals surface area contributed by atoms with Crippen LogP contribution in [0.5, 0.6) is 0 Å². The molecule has 0 saturated carbocycles. The second kappa shape index (κ2) is 5.74. The second-order valence-electron chi connectivity index (χ2n) is 3.34. The van der Waals surface area contributed by atoms with Crippen molar-refractivity contribution < 1.29 is 4.57 Å². The van der Waals surface area contributed by atoms with Gasteiger partial charge in [-0.2, -0.15) is 0 Å². The third kappa shape index (κ3) is 4.91. The van der Waals surface area contributed by atoms with E-state index in [2.05, 4.69) is 24.0 Å². The molecule has 0 fully saturated rings. The van der Waals surface area contributed by atoms with Gasteiger partial charge in [0.05, 0.1) is 0 Å². The minimum atomic E-state index is -2.28. The Bertz CT molecular complexity index is 149. The molecule has 0 aromatic heterocycles. The maximum absolute atomic E-state index is 12.0. The van der Waals surface area contributed by atoms with E-state index in [0.717, 1.165) is 19.3 Å². The Kier molecular flexibility index (Phi) is 5.81. The summed E-state index contributed by atoms with van der Waals surface area (Å²) >= 11 is 0. The highest BCUT2D eigenvalue weighted by Crippen LogP contribution is 2.37. The van der Waals surface area contributed by atoms with Crippen LogP contribution in [-0.2, 0) is 4.57 Å². The first kappa shape index (κ1) is 12.2. The van der Waals surface area contributed by atoms with E-state index in [0.29, 0.717) is 5.92 Å². The summed E-state index contributed by atoms with van der Waals surface area (Å²) < 4.78 is 12.0. The Labute approximate surface area is 75.8 Å². The highest BCUT2D eigenvalue weighted by Gasteiger charge is 2.20. The molecule has 0 amide bonds. The van der Waals surface area contributed by atoms with E-state index in [9.17, 15) is 4.57 Å². The van der Waals surface area contributed by atoms with Crippen LogP contribution < -0.4 is 10.2 Å². The first-order valence-corrected chi connectivity index (χ1v) is 6.52. The minimum Gasteiger partial charge on any atom is -0.289 e. The molecule has 4 heteroatoms. The van der Waals surface area contributed by atoms with Gasteiger partial charge in [0.1, 0.15) is 0 Å². The zero-order valence-corrected chi connectivity index (χ0v) is 9.45. The van der Waals surface area contributed by atoms with Gasteiger partial charge >= 0.3 is 0 Å². The molecule has 0 unspecified atom stereocenters. The molecule has 0 heterocycles. The zero-order valence-electron chi connectivity index (χ0n) is 8.55. The van der Waals surface area contributed by atoms with Crippen molar-refractivity contribution in [2.45, 2.75) is 27.7 Å². The van der Waals surface area contributed by atoms with E-state index in [1.54, 1.807) is 0 Å². The van der Waals surface area contributed by atoms with Crippen LogP contribution in [0.4, 0.5) is 0 Å². The lowest BCUT2D eigenvalue weighted by atomic mass is 10.3. The number of hydrogen-bond acceptors (Lipinski definition) is 1. The predicted molar refractivity (Wildman–Crippen MR) is 54.7 cm³/mol. The zero-order chi connectivity index (χ0) is 9.61. The molecule has 0 aliphatic heterocycles. The maximum atomic E-state index is 12.0. The highest BCUT2D eigenvalue weighted by molar-refractivity contribution is 7.59. The molecule has 74 valence electrons. The number of nitrogens with one attached hydrogen (secondary N) is 2. The van der Waals surface area contributed by atoms with E-state index in [-0.39, 0.29) is 0 Å². The summed E-state index contributed by atoms with van der Waals surface area (Å²) in [5.41, 5.74) is 0. The predicted octanol–water partition coefficient (Wildman–Crippen LogP) is 2.05. The quantitative estimate of drug-likeness (QED) is 0.633. The first-order chi connectivity index (χ1) is 5.54. The van der Waals surface area contributed by atoms with Crippen LogP contribution in [0.25, 0.3) is 0 Å². The summed E-state index contributed by atoms with van der Waals surface area (Å²) in [4.78, 5) is 0. The van der Waals surface area contributed by atoms with E-state index in [1.165, 1.54) is 0 Å². The molecule has 0 aliphatic rings. The number of rotatable bonds is 6. The summed E-state index contributed by atoms with van der Waals surface area (Å²) in [6, 6.07) is 0. The molecule has 2 N–H and O–H groups in total. The van der Waals surface area contributed by atoms with Crippen LogP contribution in [0, 0.1) is 5.92 Å². The maximum Gasteiger partial charge on any atom is 0.211 e. The Morgan fingerprint density at radius 1 is 1.17 bits per heavy atom. The first-order valence-electron chi connectivity index (χ1n) is 4.63. The van der Waals surface area contributed by atoms with E-state index < -0.39 is 7.44 Å². The van der Waals surface area contributed by atoms with Gasteiger partial charge in [0.25, 0.3) is 0 Å². The molecule has 0 aromatic carbocycles. The van der Waals surface area contributed by atoms with Gasteiger partial charge in [-0.05, 0) is 19.0 Å². The normalized spacial score (nSPS) is 12.4. The SMILES string of the molecule is CCNP(=O)(CC(C)C)NCC. The topological polar surface area (TPSA) is 41.1 Å². The average molecular weight is 192 g/mol. The fraction of sp³-hybridized carbons (Fsp3) is 1.00. The van der Waals surface area contributed by atoms with Gasteiger partial charge in [-0.3, -0.25) is 14.7 Å². The fourth-order valence-electron chi connectivity index (χ4n) is 1.21. The molecule has 0 saturated heterocycles. The van der Waals surface area contributed by atoms with Crippen molar-refractivity contribution in [3.05, 3.63) is 0 Å². The summed E-state index contributed by atoms with van der Waals surface area (Å²) in [6.07, 6.45) is 0.731. The van der Waals surface area contributed by atoms with E-state index in [4.69, 9.17) is 0 Å². The van der Waals surface area contributed by atoms with E-state index >= 15 is 0 Å². The van der Waals surface area contributed by atoms with E-state index in [1.807, 2.05) is 13.8 Å². The minimum absolute atomic E-state index is 0.467. The van der Waals surface area contributed by atoms with Crippen molar-refractivity contribution in [2.24, 2.45) is 5.92 Å². The van der Waals surface area contributed by atoms with Crippen LogP contribution in [0.2, 0.25) is 0 Å². The van der Waals surface area contributed by atoms with Crippen molar-refractivity contribution in [1.82, 2.24) is 10.2 Å². The Morgan fingerprint density at radius 3 is 1.83 bits per heavy atom. The van der Waals surface area contributed by atoms with Gasteiger partial charge in [-0.25, -0.2) is 0 Å². The smallest absolute Gasteiger partial charge is 0.211 e. The molecule has 0 aliphatic carbocycles. The van der Waals surface area contributed by atoms with Crippen molar-refractivity contribution in [2.75, 3.05) is 19.3 Å². The van der Waals surface area contributed by atoms with Crippen molar-refractivity contribution in [3.63, 3.8) is 0 Å². The monoisotopic (exact) mass is 192 g/mol. The van der Waals surface area contributed by atoms with Gasteiger partial charge in [0.2, 0.25) is 7.44 Å². The Balaban J connectivity index is 4.08. The lowest BCUT2D eigenvalue weighted by molar-refractivity contribution is 0.545. The summed E-state index contributed by atoms with van der Waals surface area (Å²) in [5, 5.41) is 6.07. The third-order valence-corrected chi connectivity index (χ3v) is 4.35. The molecule has 0 bridgehead atoms. The van der Waals surface area contributed by atoms with Crippen LogP contribution in [0.3, 0.4) is 0 Å². The molecule has 0 rings (SSSR count). The Hall–Kier alpha value is 0.150. The molecular formula is C8H21N2OP. The highest BCUT2D eigenvalue weighted by atomic mass is 31.2. The summed E-state index contributed by atoms with van der Waals surface area (Å²) in [7, 11) is -2.28. The van der Waals surface area contributed by atoms with Crippen molar-refractivity contribution >= 4 is 7.44 Å². The number of hydrogen-bond donors (Lipinski definition) is 2. The van der Waals surface area contributed by atoms with Crippen LogP contribution in [0.15, 0.2) is 0 Å². The second-order valence-corrected chi connectivity index (χ2v) is 5.82. The molecule has 0 atom stereocenters. The van der Waals surface area contributed by atoms with Gasteiger partial charge in [-0.1, -0.05) is 27.7 Å². The van der Waals surface area contributed by atoms with Crippen molar-refractivity contribution in [3.8, 4) is 0 Å². The van der Waals surface area contributed by atoms with Gasteiger partial charge in [0.15, 0.2) is 0 Å². The molecule has 3 nitrogen and oxygen atoms in total. The standard InChI is InChI=1S/C8H21N2OP/c1-5-9-12(11,10-6-2)7-8(3)4/h8H,5-7H2,1-4H3,(H2,9,10,11). The fourth-order valence-corrected chi connectivity index (χ4v) is 3.63. The third-order valence-electron chi connectivity index (χ3n) is 1.45. The van der Waals surface area contributed by atoms with Crippen molar-refractivity contribution in [1.29, 1.82) is 0 Å². The molecular weight excluding hydrogens is 171 g/mol. The van der Waals surface area contributed by atoms with Gasteiger partial charge < -0.3 is 0 Å². The molecule has 0 radical (unpaired) electrons. The largest absolute Gasteiger partial charge is 0.289 e. The summed E-state index contributed by atoms with van der Waals surface area (Å²) in [6.45, 7) is 9.64. The lowest BCUT2D eigenvalue weighted by Crippen LogP contribution is -2.25. The average Bonchev–Trinajstić information content (AvgIpc) is 1.85. The molecule has 0 aromatic rings. The van der Waals surface area contributed by atoms with Gasteiger partial charge in [0, 0.05) is 6.16 Å². The Morgan fingerprint density at radius 2 is 1.58 bits per heavy atom. The molecule has 0 spiro atoms. The summed E-state index contributed by atoms with van der Waals surface area (Å²) in [5.74, 6) is 0.467. The van der Waals surface area contributed by atoms with Crippen LogP contribution >= 0.6 is 7.44 Å². The molecule has 12 heavy (non-hydrogen) atoms. The van der Waals surface area contributed by atoms with Crippen LogP contribution in [0.1, 0.15) is 27.7 Å².